The number of amides is 2. The van der Waals surface area contributed by atoms with E-state index < -0.39 is 24.0 Å². The smallest absolute Gasteiger partial charge is 0.471 e. The van der Waals surface area contributed by atoms with E-state index in [1.54, 1.807) is 7.11 Å². The monoisotopic (exact) mass is 372 g/mol. The highest BCUT2D eigenvalue weighted by atomic mass is 19.4. The molecule has 1 saturated heterocycles. The second kappa shape index (κ2) is 8.91. The Labute approximate surface area is 150 Å². The average molecular weight is 372 g/mol. The van der Waals surface area contributed by atoms with Gasteiger partial charge in [-0.25, -0.2) is 0 Å². The van der Waals surface area contributed by atoms with Crippen LogP contribution < -0.4 is 10.1 Å². The number of nitrogens with one attached hydrogen (secondary N) is 1. The molecule has 5 nitrogen and oxygen atoms in total. The average Bonchev–Trinajstić information content (AvgIpc) is 3.09. The van der Waals surface area contributed by atoms with Gasteiger partial charge in [0.1, 0.15) is 11.8 Å². The van der Waals surface area contributed by atoms with Crippen molar-refractivity contribution >= 4 is 11.8 Å². The summed E-state index contributed by atoms with van der Waals surface area (Å²) < 4.78 is 43.0. The third-order valence-electron chi connectivity index (χ3n) is 4.42. The number of carbonyl (C=O) groups is 2. The Hall–Kier alpha value is -2.25. The predicted molar refractivity (Wildman–Crippen MR) is 89.7 cm³/mol. The van der Waals surface area contributed by atoms with E-state index >= 15 is 0 Å². The molecule has 0 spiro atoms. The summed E-state index contributed by atoms with van der Waals surface area (Å²) in [6, 6.07) is 6.63. The van der Waals surface area contributed by atoms with E-state index in [1.165, 1.54) is 0 Å². The van der Waals surface area contributed by atoms with Crippen LogP contribution >= 0.6 is 0 Å². The number of methoxy groups -OCH3 is 1. The molecule has 2 amide bonds. The summed E-state index contributed by atoms with van der Waals surface area (Å²) in [4.78, 5) is 24.1. The van der Waals surface area contributed by atoms with E-state index in [9.17, 15) is 22.8 Å². The lowest BCUT2D eigenvalue weighted by Gasteiger charge is -2.24. The minimum absolute atomic E-state index is 0.0375. The molecule has 8 heteroatoms. The Kier molecular flexibility index (Phi) is 6.88. The number of likely N-dealkylation sites (tertiary alicyclic amines) is 1. The van der Waals surface area contributed by atoms with Crippen LogP contribution in [0.1, 0.15) is 31.2 Å². The first-order chi connectivity index (χ1) is 12.3. The number of benzene rings is 1. The van der Waals surface area contributed by atoms with Gasteiger partial charge < -0.3 is 15.0 Å². The first kappa shape index (κ1) is 20.1. The Balaban J connectivity index is 1.75. The van der Waals surface area contributed by atoms with Crippen LogP contribution in [-0.4, -0.2) is 49.1 Å². The largest absolute Gasteiger partial charge is 0.496 e. The van der Waals surface area contributed by atoms with Crippen molar-refractivity contribution in [2.24, 2.45) is 0 Å². The van der Waals surface area contributed by atoms with E-state index in [0.29, 0.717) is 24.3 Å². The lowest BCUT2D eigenvalue weighted by molar-refractivity contribution is -0.186. The first-order valence-corrected chi connectivity index (χ1v) is 8.62. The van der Waals surface area contributed by atoms with E-state index in [0.717, 1.165) is 24.2 Å². The quantitative estimate of drug-likeness (QED) is 0.749. The number of aryl methyl sites for hydroxylation is 1. The minimum Gasteiger partial charge on any atom is -0.496 e. The Morgan fingerprint density at radius 1 is 1.27 bits per heavy atom. The molecule has 0 aromatic heterocycles. The number of ether oxygens (including phenoxy) is 1. The van der Waals surface area contributed by atoms with Crippen LogP contribution in [0.5, 0.6) is 5.75 Å². The van der Waals surface area contributed by atoms with Crippen LogP contribution in [0.4, 0.5) is 13.2 Å². The molecule has 1 atom stereocenters. The van der Waals surface area contributed by atoms with Gasteiger partial charge in [-0.05, 0) is 43.7 Å². The topological polar surface area (TPSA) is 58.6 Å². The van der Waals surface area contributed by atoms with Crippen LogP contribution in [0.3, 0.4) is 0 Å². The lowest BCUT2D eigenvalue weighted by Crippen LogP contribution is -2.50. The van der Waals surface area contributed by atoms with Crippen LogP contribution in [-0.2, 0) is 16.0 Å². The van der Waals surface area contributed by atoms with Crippen molar-refractivity contribution < 1.29 is 27.5 Å². The van der Waals surface area contributed by atoms with Crippen LogP contribution in [0, 0.1) is 0 Å². The van der Waals surface area contributed by atoms with Crippen molar-refractivity contribution in [3.63, 3.8) is 0 Å². The maximum atomic E-state index is 12.6. The number of carbonyl (C=O) groups excluding carboxylic acids is 2. The van der Waals surface area contributed by atoms with Crippen molar-refractivity contribution in [1.82, 2.24) is 10.2 Å². The fourth-order valence-electron chi connectivity index (χ4n) is 3.12. The summed E-state index contributed by atoms with van der Waals surface area (Å²) >= 11 is 0. The number of para-hydroxylation sites is 1. The van der Waals surface area contributed by atoms with Gasteiger partial charge in [-0.15, -0.1) is 0 Å². The normalized spacial score (nSPS) is 17.2. The van der Waals surface area contributed by atoms with Crippen molar-refractivity contribution in [3.05, 3.63) is 29.8 Å². The highest BCUT2D eigenvalue weighted by Gasteiger charge is 2.47. The summed E-state index contributed by atoms with van der Waals surface area (Å²) in [6.07, 6.45) is -2.03. The standard InChI is InChI=1S/C18H23F3N2O3/c1-26-15-10-3-2-7-13(15)8-4-5-11-22-16(24)14-9-6-12-23(14)17(25)18(19,20)21/h2-3,7,10,14H,4-6,8-9,11-12H2,1H3,(H,22,24). The fraction of sp³-hybridized carbons (Fsp3) is 0.556. The van der Waals surface area contributed by atoms with E-state index in [2.05, 4.69) is 5.32 Å². The van der Waals surface area contributed by atoms with Crippen LogP contribution in [0.15, 0.2) is 24.3 Å². The molecule has 1 aliphatic heterocycles. The number of halogens is 3. The van der Waals surface area contributed by atoms with Crippen LogP contribution in [0.2, 0.25) is 0 Å². The zero-order valence-electron chi connectivity index (χ0n) is 14.6. The summed E-state index contributed by atoms with van der Waals surface area (Å²) in [5.74, 6) is -1.65. The zero-order valence-corrected chi connectivity index (χ0v) is 14.6. The number of alkyl halides is 3. The number of nitrogens with zero attached hydrogens (tertiary/aromatic N) is 1. The third-order valence-corrected chi connectivity index (χ3v) is 4.42. The van der Waals surface area contributed by atoms with E-state index in [-0.39, 0.29) is 13.0 Å². The molecule has 1 aromatic rings. The summed E-state index contributed by atoms with van der Waals surface area (Å²) in [7, 11) is 1.61. The lowest BCUT2D eigenvalue weighted by atomic mass is 10.1. The molecule has 1 fully saturated rings. The molecule has 0 aliphatic carbocycles. The molecule has 1 aliphatic rings. The maximum absolute atomic E-state index is 12.6. The van der Waals surface area contributed by atoms with Gasteiger partial charge in [0.05, 0.1) is 7.11 Å². The second-order valence-corrected chi connectivity index (χ2v) is 6.21. The fourth-order valence-corrected chi connectivity index (χ4v) is 3.12. The van der Waals surface area contributed by atoms with Gasteiger partial charge in [0.2, 0.25) is 5.91 Å². The molecule has 0 saturated carbocycles. The van der Waals surface area contributed by atoms with Gasteiger partial charge in [-0.2, -0.15) is 13.2 Å². The molecule has 1 aromatic carbocycles. The molecule has 1 N–H and O–H groups in total. The number of hydrogen-bond donors (Lipinski definition) is 1. The Bertz CT molecular complexity index is 634. The SMILES string of the molecule is COc1ccccc1CCCCNC(=O)C1CCCN1C(=O)C(F)(F)F. The molecule has 2 rings (SSSR count). The summed E-state index contributed by atoms with van der Waals surface area (Å²) in [5.41, 5.74) is 1.07. The Morgan fingerprint density at radius 3 is 2.69 bits per heavy atom. The van der Waals surface area contributed by atoms with Crippen molar-refractivity contribution in [1.29, 1.82) is 0 Å². The zero-order chi connectivity index (χ0) is 19.2. The van der Waals surface area contributed by atoms with E-state index in [1.807, 2.05) is 24.3 Å². The van der Waals surface area contributed by atoms with Gasteiger partial charge in [0, 0.05) is 13.1 Å². The van der Waals surface area contributed by atoms with Gasteiger partial charge in [-0.1, -0.05) is 18.2 Å². The molecular formula is C18H23F3N2O3. The molecule has 144 valence electrons. The minimum atomic E-state index is -4.95. The van der Waals surface area contributed by atoms with Gasteiger partial charge in [0.15, 0.2) is 0 Å². The van der Waals surface area contributed by atoms with Crippen molar-refractivity contribution in [2.75, 3.05) is 20.2 Å². The molecule has 0 radical (unpaired) electrons. The highest BCUT2D eigenvalue weighted by molar-refractivity contribution is 5.90. The van der Waals surface area contributed by atoms with Crippen LogP contribution in [0.25, 0.3) is 0 Å². The van der Waals surface area contributed by atoms with Gasteiger partial charge in [0.25, 0.3) is 0 Å². The van der Waals surface area contributed by atoms with Crippen molar-refractivity contribution in [3.8, 4) is 5.75 Å². The number of rotatable bonds is 7. The molecule has 1 heterocycles. The summed E-state index contributed by atoms with van der Waals surface area (Å²) in [6.45, 7) is 0.322. The second-order valence-electron chi connectivity index (χ2n) is 6.21. The number of unbranched alkanes of at least 4 members (excludes halogenated alkanes) is 1. The molecular weight excluding hydrogens is 349 g/mol. The molecule has 0 bridgehead atoms. The first-order valence-electron chi connectivity index (χ1n) is 8.62. The highest BCUT2D eigenvalue weighted by Crippen LogP contribution is 2.25. The molecule has 1 unspecified atom stereocenters. The predicted octanol–water partition coefficient (Wildman–Crippen LogP) is 2.69. The van der Waals surface area contributed by atoms with Gasteiger partial charge in [-0.3, -0.25) is 9.59 Å². The molecule has 26 heavy (non-hydrogen) atoms. The van der Waals surface area contributed by atoms with E-state index in [4.69, 9.17) is 4.74 Å². The van der Waals surface area contributed by atoms with Gasteiger partial charge >= 0.3 is 12.1 Å². The number of hydrogen-bond acceptors (Lipinski definition) is 3. The van der Waals surface area contributed by atoms with Crippen molar-refractivity contribution in [2.45, 2.75) is 44.3 Å². The third kappa shape index (κ3) is 5.12. The Morgan fingerprint density at radius 2 is 2.00 bits per heavy atom. The maximum Gasteiger partial charge on any atom is 0.471 e. The summed E-state index contributed by atoms with van der Waals surface area (Å²) in [5, 5.41) is 2.64.